The van der Waals surface area contributed by atoms with Gasteiger partial charge in [0.25, 0.3) is 0 Å². The highest BCUT2D eigenvalue weighted by molar-refractivity contribution is 7.90. The maximum atomic E-state index is 12.9. The summed E-state index contributed by atoms with van der Waals surface area (Å²) in [5, 5.41) is 0. The van der Waals surface area contributed by atoms with E-state index in [1.165, 1.54) is 10.4 Å². The van der Waals surface area contributed by atoms with Crippen LogP contribution in [0.1, 0.15) is 39.5 Å². The van der Waals surface area contributed by atoms with Crippen LogP contribution >= 0.6 is 0 Å². The second kappa shape index (κ2) is 5.09. The molecule has 1 spiro atoms. The van der Waals surface area contributed by atoms with E-state index < -0.39 is 15.9 Å². The van der Waals surface area contributed by atoms with Crippen molar-refractivity contribution in [2.75, 3.05) is 5.75 Å². The summed E-state index contributed by atoms with van der Waals surface area (Å²) in [6.07, 6.45) is 6.38. The van der Waals surface area contributed by atoms with Gasteiger partial charge < -0.3 is 0 Å². The first-order chi connectivity index (χ1) is 10.7. The van der Waals surface area contributed by atoms with Crippen LogP contribution < -0.4 is 0 Å². The molecule has 3 rings (SSSR count). The Hall–Kier alpha value is -1.32. The molecule has 0 N–H and O–H groups in total. The van der Waals surface area contributed by atoms with E-state index in [0.717, 1.165) is 19.3 Å². The summed E-state index contributed by atoms with van der Waals surface area (Å²) >= 11 is 0. The molecule has 2 bridgehead atoms. The van der Waals surface area contributed by atoms with Crippen LogP contribution in [0.4, 0.5) is 0 Å². The Morgan fingerprint density at radius 2 is 2.17 bits per heavy atom. The van der Waals surface area contributed by atoms with Crippen LogP contribution in [0, 0.1) is 22.7 Å². The monoisotopic (exact) mass is 335 g/mol. The van der Waals surface area contributed by atoms with Gasteiger partial charge in [-0.25, -0.2) is 12.7 Å². The van der Waals surface area contributed by atoms with Gasteiger partial charge in [-0.05, 0) is 43.1 Å². The van der Waals surface area contributed by atoms with Gasteiger partial charge in [-0.2, -0.15) is 0 Å². The van der Waals surface area contributed by atoms with E-state index in [-0.39, 0.29) is 28.5 Å². The summed E-state index contributed by atoms with van der Waals surface area (Å²) < 4.78 is 26.8. The Bertz CT molecular complexity index is 702. The van der Waals surface area contributed by atoms with E-state index in [4.69, 9.17) is 0 Å². The first-order valence-corrected chi connectivity index (χ1v) is 9.85. The van der Waals surface area contributed by atoms with Crippen LogP contribution in [0.3, 0.4) is 0 Å². The zero-order chi connectivity index (χ0) is 17.0. The van der Waals surface area contributed by atoms with Crippen molar-refractivity contribution in [2.45, 2.75) is 45.6 Å². The lowest BCUT2D eigenvalue weighted by Crippen LogP contribution is -2.46. The van der Waals surface area contributed by atoms with Gasteiger partial charge in [0.2, 0.25) is 15.9 Å². The number of hydrogen-bond donors (Lipinski definition) is 0. The SMILES string of the molecule is C=C=CC[C@@H](C=C)C(=O)N1[C@H]2C[C@@H]3CC[C@@]2(CS1(=O)=O)C3(C)C. The molecule has 1 aliphatic heterocycles. The van der Waals surface area contributed by atoms with Gasteiger partial charge in [0.05, 0.1) is 17.7 Å². The molecule has 4 nitrogen and oxygen atoms in total. The van der Waals surface area contributed by atoms with Crippen molar-refractivity contribution in [3.63, 3.8) is 0 Å². The molecule has 1 amide bonds. The molecule has 0 aromatic carbocycles. The van der Waals surface area contributed by atoms with Crippen molar-refractivity contribution in [3.8, 4) is 0 Å². The standard InChI is InChI=1S/C18H25NO3S/c1-5-7-8-13(6-2)16(20)19-15-11-14-9-10-18(15,17(14,3)4)12-23(19,21)22/h6-7,13-15H,1-2,8-12H2,3-4H3/t13-,14+,15+,18+/m1/s1. The summed E-state index contributed by atoms with van der Waals surface area (Å²) in [4.78, 5) is 12.9. The Morgan fingerprint density at radius 3 is 2.74 bits per heavy atom. The minimum Gasteiger partial charge on any atom is -0.273 e. The molecular weight excluding hydrogens is 310 g/mol. The topological polar surface area (TPSA) is 54.5 Å². The summed E-state index contributed by atoms with van der Waals surface area (Å²) in [5.41, 5.74) is 2.35. The van der Waals surface area contributed by atoms with Gasteiger partial charge in [0, 0.05) is 5.41 Å². The smallest absolute Gasteiger partial charge is 0.243 e. The average molecular weight is 335 g/mol. The summed E-state index contributed by atoms with van der Waals surface area (Å²) in [6, 6.07) is -0.177. The van der Waals surface area contributed by atoms with E-state index in [9.17, 15) is 13.2 Å². The molecule has 0 aromatic rings. The predicted molar refractivity (Wildman–Crippen MR) is 90.0 cm³/mol. The zero-order valence-electron chi connectivity index (χ0n) is 13.9. The number of nitrogens with zero attached hydrogens (tertiary/aromatic N) is 1. The van der Waals surface area contributed by atoms with Crippen molar-refractivity contribution in [3.05, 3.63) is 31.0 Å². The second-order valence-corrected chi connectivity index (χ2v) is 9.59. The average Bonchev–Trinajstić information content (AvgIpc) is 2.94. The largest absolute Gasteiger partial charge is 0.273 e. The molecule has 2 aliphatic carbocycles. The molecule has 23 heavy (non-hydrogen) atoms. The molecule has 1 saturated heterocycles. The normalized spacial score (nSPS) is 37.0. The van der Waals surface area contributed by atoms with Crippen molar-refractivity contribution in [1.82, 2.24) is 4.31 Å². The number of carbonyl (C=O) groups excluding carboxylic acids is 1. The lowest BCUT2D eigenvalue weighted by atomic mass is 9.69. The number of fused-ring (bicyclic) bond motifs is 1. The molecule has 0 unspecified atom stereocenters. The van der Waals surface area contributed by atoms with Crippen LogP contribution in [0.2, 0.25) is 0 Å². The minimum absolute atomic E-state index is 0.0234. The van der Waals surface area contributed by atoms with E-state index in [2.05, 4.69) is 32.7 Å². The third-order valence-electron chi connectivity index (χ3n) is 6.75. The molecule has 0 radical (unpaired) electrons. The third-order valence-corrected chi connectivity index (χ3v) is 8.66. The molecule has 3 fully saturated rings. The molecule has 4 atom stereocenters. The number of carbonyl (C=O) groups is 1. The highest BCUT2D eigenvalue weighted by Gasteiger charge is 2.72. The van der Waals surface area contributed by atoms with Gasteiger partial charge >= 0.3 is 0 Å². The fourth-order valence-electron chi connectivity index (χ4n) is 5.25. The number of amides is 1. The quantitative estimate of drug-likeness (QED) is 0.586. The Labute approximate surface area is 139 Å². The second-order valence-electron chi connectivity index (χ2n) is 7.74. The van der Waals surface area contributed by atoms with Gasteiger partial charge in [-0.3, -0.25) is 4.79 Å². The first kappa shape index (κ1) is 16.5. The van der Waals surface area contributed by atoms with Crippen molar-refractivity contribution >= 4 is 15.9 Å². The van der Waals surface area contributed by atoms with Crippen molar-refractivity contribution < 1.29 is 13.2 Å². The van der Waals surface area contributed by atoms with E-state index >= 15 is 0 Å². The zero-order valence-corrected chi connectivity index (χ0v) is 14.7. The third kappa shape index (κ3) is 2.03. The van der Waals surface area contributed by atoms with E-state index in [1.807, 2.05) is 0 Å². The van der Waals surface area contributed by atoms with Crippen LogP contribution in [0.25, 0.3) is 0 Å². The van der Waals surface area contributed by atoms with Gasteiger partial charge in [0.1, 0.15) is 0 Å². The maximum absolute atomic E-state index is 12.9. The highest BCUT2D eigenvalue weighted by Crippen LogP contribution is 2.70. The number of sulfonamides is 1. The molecule has 3 aliphatic rings. The van der Waals surface area contributed by atoms with Crippen molar-refractivity contribution in [1.29, 1.82) is 0 Å². The first-order valence-electron chi connectivity index (χ1n) is 8.24. The molecular formula is C18H25NO3S. The van der Waals surface area contributed by atoms with Crippen LogP contribution in [0.15, 0.2) is 31.0 Å². The molecule has 0 aromatic heterocycles. The molecule has 1 heterocycles. The summed E-state index contributed by atoms with van der Waals surface area (Å²) in [5.74, 6) is -0.247. The maximum Gasteiger partial charge on any atom is 0.243 e. The number of hydrogen-bond acceptors (Lipinski definition) is 3. The number of allylic oxidation sites excluding steroid dienone is 1. The fraction of sp³-hybridized carbons (Fsp3) is 0.667. The molecule has 5 heteroatoms. The summed E-state index contributed by atoms with van der Waals surface area (Å²) in [6.45, 7) is 11.6. The van der Waals surface area contributed by atoms with E-state index in [1.54, 1.807) is 6.08 Å². The summed E-state index contributed by atoms with van der Waals surface area (Å²) in [7, 11) is -3.55. The molecule has 126 valence electrons. The van der Waals surface area contributed by atoms with Crippen LogP contribution in [-0.2, 0) is 14.8 Å². The van der Waals surface area contributed by atoms with Gasteiger partial charge in [-0.15, -0.1) is 12.3 Å². The van der Waals surface area contributed by atoms with E-state index in [0.29, 0.717) is 12.3 Å². The highest BCUT2D eigenvalue weighted by atomic mass is 32.2. The number of rotatable bonds is 4. The molecule has 2 saturated carbocycles. The van der Waals surface area contributed by atoms with Crippen LogP contribution in [0.5, 0.6) is 0 Å². The fourth-order valence-corrected chi connectivity index (χ4v) is 7.83. The predicted octanol–water partition coefficient (Wildman–Crippen LogP) is 2.89. The Balaban J connectivity index is 1.99. The Morgan fingerprint density at radius 1 is 1.48 bits per heavy atom. The minimum atomic E-state index is -3.55. The van der Waals surface area contributed by atoms with Gasteiger partial charge in [0.15, 0.2) is 0 Å². The van der Waals surface area contributed by atoms with Crippen molar-refractivity contribution in [2.24, 2.45) is 22.7 Å². The van der Waals surface area contributed by atoms with Gasteiger partial charge in [-0.1, -0.05) is 26.5 Å². The lowest BCUT2D eigenvalue weighted by Gasteiger charge is -2.37. The Kier molecular flexibility index (Phi) is 3.66. The van der Waals surface area contributed by atoms with Crippen LogP contribution in [-0.4, -0.2) is 30.4 Å². The lowest BCUT2D eigenvalue weighted by molar-refractivity contribution is -0.131.